The summed E-state index contributed by atoms with van der Waals surface area (Å²) < 4.78 is 1.08. The predicted molar refractivity (Wildman–Crippen MR) is 79.0 cm³/mol. The number of aromatic amines is 1. The average molecular weight is 322 g/mol. The monoisotopic (exact) mass is 320 g/mol. The zero-order valence-corrected chi connectivity index (χ0v) is 12.0. The van der Waals surface area contributed by atoms with Gasteiger partial charge in [0.2, 0.25) is 0 Å². The van der Waals surface area contributed by atoms with E-state index >= 15 is 0 Å². The fourth-order valence-electron chi connectivity index (χ4n) is 1.86. The molecule has 0 bridgehead atoms. The number of benzene rings is 2. The number of hydrogen-bond acceptors (Lipinski definition) is 1. The second-order valence-electron chi connectivity index (χ2n) is 4.21. The highest BCUT2D eigenvalue weighted by Crippen LogP contribution is 2.26. The first-order valence-electron chi connectivity index (χ1n) is 5.55. The fraction of sp³-hybridized carbons (Fsp3) is 0.0714. The topological polar surface area (TPSA) is 28.7 Å². The van der Waals surface area contributed by atoms with Crippen LogP contribution in [0, 0.1) is 6.92 Å². The summed E-state index contributed by atoms with van der Waals surface area (Å²) in [6.07, 6.45) is 0. The molecule has 2 nitrogen and oxygen atoms in total. The van der Waals surface area contributed by atoms with Gasteiger partial charge in [-0.05, 0) is 36.8 Å². The van der Waals surface area contributed by atoms with Gasteiger partial charge in [-0.2, -0.15) is 0 Å². The number of nitrogens with zero attached hydrogens (tertiary/aromatic N) is 1. The van der Waals surface area contributed by atoms with Crippen molar-refractivity contribution in [2.75, 3.05) is 0 Å². The Morgan fingerprint density at radius 3 is 2.78 bits per heavy atom. The van der Waals surface area contributed by atoms with Crippen LogP contribution in [0.1, 0.15) is 5.56 Å². The molecule has 0 fully saturated rings. The van der Waals surface area contributed by atoms with Crippen molar-refractivity contribution >= 4 is 38.6 Å². The van der Waals surface area contributed by atoms with Crippen molar-refractivity contribution < 1.29 is 0 Å². The molecule has 0 amide bonds. The van der Waals surface area contributed by atoms with Crippen molar-refractivity contribution in [2.45, 2.75) is 6.92 Å². The molecule has 0 saturated heterocycles. The normalized spacial score (nSPS) is 11.1. The molecule has 18 heavy (non-hydrogen) atoms. The first-order chi connectivity index (χ1) is 8.63. The Kier molecular flexibility index (Phi) is 2.88. The second-order valence-corrected chi connectivity index (χ2v) is 5.50. The zero-order chi connectivity index (χ0) is 12.7. The van der Waals surface area contributed by atoms with E-state index in [1.807, 2.05) is 18.2 Å². The lowest BCUT2D eigenvalue weighted by atomic mass is 10.1. The van der Waals surface area contributed by atoms with Gasteiger partial charge in [0.05, 0.1) is 11.0 Å². The number of fused-ring (bicyclic) bond motifs is 1. The molecule has 1 aromatic heterocycles. The Bertz CT molecular complexity index is 734. The van der Waals surface area contributed by atoms with Crippen LogP contribution in [0.25, 0.3) is 22.4 Å². The minimum atomic E-state index is 0.711. The van der Waals surface area contributed by atoms with Gasteiger partial charge in [0.15, 0.2) is 0 Å². The van der Waals surface area contributed by atoms with Gasteiger partial charge >= 0.3 is 0 Å². The van der Waals surface area contributed by atoms with Gasteiger partial charge in [0.25, 0.3) is 0 Å². The Labute approximate surface area is 118 Å². The number of imidazole rings is 1. The van der Waals surface area contributed by atoms with E-state index in [1.54, 1.807) is 0 Å². The summed E-state index contributed by atoms with van der Waals surface area (Å²) in [5.41, 5.74) is 4.14. The number of hydrogen-bond donors (Lipinski definition) is 1. The molecule has 0 spiro atoms. The first-order valence-corrected chi connectivity index (χ1v) is 6.72. The van der Waals surface area contributed by atoms with Crippen LogP contribution < -0.4 is 0 Å². The Balaban J connectivity index is 2.16. The molecule has 2 aromatic carbocycles. The Morgan fingerprint density at radius 1 is 1.17 bits per heavy atom. The first kappa shape index (κ1) is 11.8. The van der Waals surface area contributed by atoms with Crippen molar-refractivity contribution in [3.8, 4) is 11.4 Å². The lowest BCUT2D eigenvalue weighted by Crippen LogP contribution is -1.82. The highest BCUT2D eigenvalue weighted by Gasteiger charge is 2.06. The second kappa shape index (κ2) is 4.41. The number of H-pyrrole nitrogens is 1. The third-order valence-electron chi connectivity index (χ3n) is 2.89. The molecule has 90 valence electrons. The molecule has 3 aromatic rings. The standard InChI is InChI=1S/C14H10BrClN2/c1-8-2-3-9(6-11(8)15)14-17-12-5-4-10(16)7-13(12)18-14/h2-7H,1H3,(H,17,18). The number of halogens is 2. The van der Waals surface area contributed by atoms with Gasteiger partial charge in [-0.25, -0.2) is 4.98 Å². The average Bonchev–Trinajstić information content (AvgIpc) is 2.75. The molecule has 1 heterocycles. The maximum atomic E-state index is 5.96. The molecule has 4 heteroatoms. The molecular formula is C14H10BrClN2. The third kappa shape index (κ3) is 2.04. The maximum Gasteiger partial charge on any atom is 0.138 e. The summed E-state index contributed by atoms with van der Waals surface area (Å²) in [7, 11) is 0. The van der Waals surface area contributed by atoms with Gasteiger partial charge < -0.3 is 4.98 Å². The minimum absolute atomic E-state index is 0.711. The molecule has 1 N–H and O–H groups in total. The molecule has 0 atom stereocenters. The lowest BCUT2D eigenvalue weighted by molar-refractivity contribution is 1.32. The molecular weight excluding hydrogens is 312 g/mol. The Morgan fingerprint density at radius 2 is 2.00 bits per heavy atom. The van der Waals surface area contributed by atoms with E-state index in [0.717, 1.165) is 26.9 Å². The molecule has 0 saturated carbocycles. The van der Waals surface area contributed by atoms with E-state index in [9.17, 15) is 0 Å². The van der Waals surface area contributed by atoms with Crippen LogP contribution in [0.4, 0.5) is 0 Å². The molecule has 0 aliphatic rings. The largest absolute Gasteiger partial charge is 0.338 e. The van der Waals surface area contributed by atoms with Crippen molar-refractivity contribution in [3.63, 3.8) is 0 Å². The maximum absolute atomic E-state index is 5.96. The summed E-state index contributed by atoms with van der Waals surface area (Å²) in [6.45, 7) is 2.06. The summed E-state index contributed by atoms with van der Waals surface area (Å²) in [5.74, 6) is 0.855. The van der Waals surface area contributed by atoms with Crippen molar-refractivity contribution in [3.05, 3.63) is 51.5 Å². The van der Waals surface area contributed by atoms with Crippen LogP contribution in [-0.2, 0) is 0 Å². The van der Waals surface area contributed by atoms with E-state index in [2.05, 4.69) is 51.0 Å². The predicted octanol–water partition coefficient (Wildman–Crippen LogP) is 4.95. The van der Waals surface area contributed by atoms with Crippen molar-refractivity contribution in [1.82, 2.24) is 9.97 Å². The summed E-state index contributed by atoms with van der Waals surface area (Å²) in [4.78, 5) is 7.84. The fourth-order valence-corrected chi connectivity index (χ4v) is 2.41. The molecule has 0 aliphatic carbocycles. The van der Waals surface area contributed by atoms with Crippen LogP contribution >= 0.6 is 27.5 Å². The van der Waals surface area contributed by atoms with Crippen LogP contribution in [0.2, 0.25) is 5.02 Å². The lowest BCUT2D eigenvalue weighted by Gasteiger charge is -2.00. The Hall–Kier alpha value is -1.32. The summed E-state index contributed by atoms with van der Waals surface area (Å²) in [5, 5.41) is 0.711. The van der Waals surface area contributed by atoms with E-state index in [1.165, 1.54) is 5.56 Å². The molecule has 0 aliphatic heterocycles. The minimum Gasteiger partial charge on any atom is -0.338 e. The smallest absolute Gasteiger partial charge is 0.138 e. The number of aryl methyl sites for hydroxylation is 1. The molecule has 0 radical (unpaired) electrons. The van der Waals surface area contributed by atoms with Crippen molar-refractivity contribution in [1.29, 1.82) is 0 Å². The van der Waals surface area contributed by atoms with Crippen LogP contribution in [0.15, 0.2) is 40.9 Å². The van der Waals surface area contributed by atoms with Gasteiger partial charge in [-0.3, -0.25) is 0 Å². The van der Waals surface area contributed by atoms with Gasteiger partial charge in [-0.15, -0.1) is 0 Å². The zero-order valence-electron chi connectivity index (χ0n) is 9.67. The van der Waals surface area contributed by atoms with Crippen LogP contribution in [0.5, 0.6) is 0 Å². The summed E-state index contributed by atoms with van der Waals surface area (Å²) >= 11 is 9.50. The summed E-state index contributed by atoms with van der Waals surface area (Å²) in [6, 6.07) is 11.8. The van der Waals surface area contributed by atoms with Gasteiger partial charge in [-0.1, -0.05) is 39.7 Å². The number of nitrogens with one attached hydrogen (secondary N) is 1. The molecule has 3 rings (SSSR count). The molecule has 0 unspecified atom stereocenters. The van der Waals surface area contributed by atoms with E-state index in [4.69, 9.17) is 11.6 Å². The van der Waals surface area contributed by atoms with Crippen molar-refractivity contribution in [2.24, 2.45) is 0 Å². The SMILES string of the molecule is Cc1ccc(-c2nc3ccc(Cl)cc3[nH]2)cc1Br. The highest BCUT2D eigenvalue weighted by atomic mass is 79.9. The third-order valence-corrected chi connectivity index (χ3v) is 3.98. The van der Waals surface area contributed by atoms with E-state index in [0.29, 0.717) is 5.02 Å². The van der Waals surface area contributed by atoms with Crippen LogP contribution in [0.3, 0.4) is 0 Å². The highest BCUT2D eigenvalue weighted by molar-refractivity contribution is 9.10. The number of aromatic nitrogens is 2. The van der Waals surface area contributed by atoms with Crippen LogP contribution in [-0.4, -0.2) is 9.97 Å². The van der Waals surface area contributed by atoms with Gasteiger partial charge in [0.1, 0.15) is 5.82 Å². The number of rotatable bonds is 1. The van der Waals surface area contributed by atoms with E-state index in [-0.39, 0.29) is 0 Å². The van der Waals surface area contributed by atoms with E-state index < -0.39 is 0 Å². The quantitative estimate of drug-likeness (QED) is 0.674. The van der Waals surface area contributed by atoms with Gasteiger partial charge in [0, 0.05) is 15.1 Å².